The van der Waals surface area contributed by atoms with Crippen molar-refractivity contribution < 1.29 is 4.74 Å². The molecule has 0 radical (unpaired) electrons. The van der Waals surface area contributed by atoms with Gasteiger partial charge in [0.25, 0.3) is 0 Å². The Morgan fingerprint density at radius 1 is 0.700 bits per heavy atom. The van der Waals surface area contributed by atoms with Gasteiger partial charge in [0.05, 0.1) is 6.10 Å². The van der Waals surface area contributed by atoms with E-state index in [4.69, 9.17) is 4.74 Å². The zero-order valence-corrected chi connectivity index (χ0v) is 12.8. The Morgan fingerprint density at radius 2 is 1.20 bits per heavy atom. The van der Waals surface area contributed by atoms with E-state index in [0.717, 1.165) is 11.8 Å². The summed E-state index contributed by atoms with van der Waals surface area (Å²) >= 11 is 0. The minimum atomic E-state index is 0.507. The zero-order chi connectivity index (χ0) is 13.8. The minimum Gasteiger partial charge on any atom is -0.381 e. The first kappa shape index (κ1) is 14.1. The van der Waals surface area contributed by atoms with Crippen LogP contribution >= 0.6 is 0 Å². The lowest BCUT2D eigenvalue weighted by Crippen LogP contribution is -2.19. The molecular formula is C19H28O. The second-order valence-electron chi connectivity index (χ2n) is 6.71. The van der Waals surface area contributed by atoms with Gasteiger partial charge in [0.15, 0.2) is 0 Å². The second kappa shape index (κ2) is 6.76. The van der Waals surface area contributed by atoms with Crippen LogP contribution in [-0.4, -0.2) is 13.2 Å². The van der Waals surface area contributed by atoms with Crippen molar-refractivity contribution in [2.75, 3.05) is 7.11 Å². The van der Waals surface area contributed by atoms with Gasteiger partial charge in [-0.15, -0.1) is 0 Å². The summed E-state index contributed by atoms with van der Waals surface area (Å²) in [5.74, 6) is 1.60. The fraction of sp³-hybridized carbons (Fsp3) is 0.684. The van der Waals surface area contributed by atoms with Crippen molar-refractivity contribution in [3.63, 3.8) is 0 Å². The molecule has 0 bridgehead atoms. The van der Waals surface area contributed by atoms with Gasteiger partial charge in [-0.05, 0) is 61.5 Å². The van der Waals surface area contributed by atoms with Crippen LogP contribution in [0.3, 0.4) is 0 Å². The molecule has 0 unspecified atom stereocenters. The van der Waals surface area contributed by atoms with Gasteiger partial charge in [-0.2, -0.15) is 0 Å². The van der Waals surface area contributed by atoms with E-state index in [1.165, 1.54) is 57.8 Å². The Balaban J connectivity index is 1.61. The van der Waals surface area contributed by atoms with Gasteiger partial charge in [0.1, 0.15) is 0 Å². The molecule has 2 aliphatic rings. The monoisotopic (exact) mass is 272 g/mol. The van der Waals surface area contributed by atoms with Gasteiger partial charge in [0.2, 0.25) is 0 Å². The van der Waals surface area contributed by atoms with Gasteiger partial charge in [-0.3, -0.25) is 0 Å². The van der Waals surface area contributed by atoms with E-state index in [0.29, 0.717) is 6.10 Å². The molecule has 1 aromatic rings. The van der Waals surface area contributed by atoms with Crippen LogP contribution in [-0.2, 0) is 4.74 Å². The maximum absolute atomic E-state index is 5.47. The van der Waals surface area contributed by atoms with Gasteiger partial charge >= 0.3 is 0 Å². The Hall–Kier alpha value is -0.820. The fourth-order valence-corrected chi connectivity index (χ4v) is 4.11. The third-order valence-electron chi connectivity index (χ3n) is 5.49. The zero-order valence-electron chi connectivity index (χ0n) is 12.8. The Labute approximate surface area is 123 Å². The Morgan fingerprint density at radius 3 is 1.70 bits per heavy atom. The molecule has 0 spiro atoms. The number of ether oxygens (including phenoxy) is 1. The molecule has 2 saturated carbocycles. The molecule has 2 aliphatic carbocycles. The predicted molar refractivity (Wildman–Crippen MR) is 84.3 cm³/mol. The summed E-state index contributed by atoms with van der Waals surface area (Å²) in [4.78, 5) is 0. The van der Waals surface area contributed by atoms with Crippen LogP contribution in [0.15, 0.2) is 24.3 Å². The summed E-state index contributed by atoms with van der Waals surface area (Å²) in [5, 5.41) is 0. The number of hydrogen-bond donors (Lipinski definition) is 0. The molecule has 20 heavy (non-hydrogen) atoms. The van der Waals surface area contributed by atoms with Crippen molar-refractivity contribution in [2.45, 2.75) is 75.7 Å². The molecule has 1 heteroatoms. The van der Waals surface area contributed by atoms with Gasteiger partial charge < -0.3 is 4.74 Å². The number of rotatable bonds is 3. The topological polar surface area (TPSA) is 9.23 Å². The summed E-state index contributed by atoms with van der Waals surface area (Å²) in [7, 11) is 1.85. The lowest BCUT2D eigenvalue weighted by Gasteiger charge is -2.28. The summed E-state index contributed by atoms with van der Waals surface area (Å²) < 4.78 is 5.47. The molecule has 110 valence electrons. The first-order valence-electron chi connectivity index (χ1n) is 8.49. The maximum atomic E-state index is 5.47. The molecule has 0 saturated heterocycles. The highest BCUT2D eigenvalue weighted by Gasteiger charge is 2.22. The molecule has 0 N–H and O–H groups in total. The van der Waals surface area contributed by atoms with Crippen LogP contribution in [0.2, 0.25) is 0 Å². The molecule has 1 nitrogen and oxygen atoms in total. The van der Waals surface area contributed by atoms with Crippen LogP contribution in [0.4, 0.5) is 0 Å². The van der Waals surface area contributed by atoms with Crippen LogP contribution < -0.4 is 0 Å². The van der Waals surface area contributed by atoms with Gasteiger partial charge in [0, 0.05) is 7.11 Å². The molecule has 2 fully saturated rings. The summed E-state index contributed by atoms with van der Waals surface area (Å²) in [6.45, 7) is 0. The van der Waals surface area contributed by atoms with Gasteiger partial charge in [-0.25, -0.2) is 0 Å². The molecule has 0 atom stereocenters. The lowest BCUT2D eigenvalue weighted by atomic mass is 9.80. The molecule has 0 aromatic heterocycles. The van der Waals surface area contributed by atoms with Gasteiger partial charge in [-0.1, -0.05) is 43.5 Å². The molecular weight excluding hydrogens is 244 g/mol. The summed E-state index contributed by atoms with van der Waals surface area (Å²) in [5.41, 5.74) is 3.14. The van der Waals surface area contributed by atoms with Crippen molar-refractivity contribution in [1.82, 2.24) is 0 Å². The highest BCUT2D eigenvalue weighted by atomic mass is 16.5. The van der Waals surface area contributed by atoms with E-state index >= 15 is 0 Å². The van der Waals surface area contributed by atoms with Crippen molar-refractivity contribution in [1.29, 1.82) is 0 Å². The molecule has 0 amide bonds. The number of hydrogen-bond acceptors (Lipinski definition) is 1. The smallest absolute Gasteiger partial charge is 0.0571 e. The summed E-state index contributed by atoms with van der Waals surface area (Å²) in [6, 6.07) is 9.63. The first-order chi connectivity index (χ1) is 9.86. The van der Waals surface area contributed by atoms with Crippen LogP contribution in [0.5, 0.6) is 0 Å². The average Bonchev–Trinajstić information content (AvgIpc) is 2.56. The van der Waals surface area contributed by atoms with Crippen molar-refractivity contribution in [2.24, 2.45) is 0 Å². The normalized spacial score (nSPS) is 28.4. The minimum absolute atomic E-state index is 0.507. The van der Waals surface area contributed by atoms with E-state index < -0.39 is 0 Å². The van der Waals surface area contributed by atoms with E-state index in [9.17, 15) is 0 Å². The van der Waals surface area contributed by atoms with Crippen molar-refractivity contribution in [3.8, 4) is 0 Å². The van der Waals surface area contributed by atoms with Crippen molar-refractivity contribution in [3.05, 3.63) is 35.4 Å². The van der Waals surface area contributed by atoms with E-state index in [1.54, 1.807) is 11.1 Å². The maximum Gasteiger partial charge on any atom is 0.0571 e. The third kappa shape index (κ3) is 3.25. The van der Waals surface area contributed by atoms with Crippen LogP contribution in [0, 0.1) is 0 Å². The van der Waals surface area contributed by atoms with E-state index in [1.807, 2.05) is 7.11 Å². The molecule has 0 heterocycles. The molecule has 0 aliphatic heterocycles. The predicted octanol–water partition coefficient (Wildman–Crippen LogP) is 5.41. The fourth-order valence-electron chi connectivity index (χ4n) is 4.11. The SMILES string of the molecule is COC1CCC(c2ccc(C3CCCCC3)cc2)CC1. The second-order valence-corrected chi connectivity index (χ2v) is 6.71. The quantitative estimate of drug-likeness (QED) is 0.715. The molecule has 1 aromatic carbocycles. The standard InChI is InChI=1S/C19H28O/c1-20-19-13-11-18(12-14-19)17-9-7-16(8-10-17)15-5-3-2-4-6-15/h7-10,15,18-19H,2-6,11-14H2,1H3. The summed E-state index contributed by atoms with van der Waals surface area (Å²) in [6.07, 6.45) is 12.6. The lowest BCUT2D eigenvalue weighted by molar-refractivity contribution is 0.0658. The third-order valence-corrected chi connectivity index (χ3v) is 5.49. The largest absolute Gasteiger partial charge is 0.381 e. The Bertz CT molecular complexity index is 394. The number of benzene rings is 1. The van der Waals surface area contributed by atoms with E-state index in [-0.39, 0.29) is 0 Å². The Kier molecular flexibility index (Phi) is 4.77. The highest BCUT2D eigenvalue weighted by molar-refractivity contribution is 5.28. The number of methoxy groups -OCH3 is 1. The van der Waals surface area contributed by atoms with Crippen LogP contribution in [0.25, 0.3) is 0 Å². The molecule has 3 rings (SSSR count). The average molecular weight is 272 g/mol. The van der Waals surface area contributed by atoms with E-state index in [2.05, 4.69) is 24.3 Å². The van der Waals surface area contributed by atoms with Crippen molar-refractivity contribution >= 4 is 0 Å². The first-order valence-corrected chi connectivity index (χ1v) is 8.49. The van der Waals surface area contributed by atoms with Crippen LogP contribution in [0.1, 0.15) is 80.8 Å². The highest BCUT2D eigenvalue weighted by Crippen LogP contribution is 2.36.